The molecule has 3 rings (SSSR count). The van der Waals surface area contributed by atoms with Crippen LogP contribution in [-0.2, 0) is 4.79 Å². The molecule has 3 nitrogen and oxygen atoms in total. The predicted octanol–water partition coefficient (Wildman–Crippen LogP) is 4.36. The summed E-state index contributed by atoms with van der Waals surface area (Å²) in [5.74, 6) is -1.07. The summed E-state index contributed by atoms with van der Waals surface area (Å²) in [5.41, 5.74) is 2.22. The molecule has 1 aliphatic carbocycles. The van der Waals surface area contributed by atoms with E-state index >= 15 is 0 Å². The molecule has 114 valence electrons. The number of hydrogen-bond acceptors (Lipinski definition) is 4. The van der Waals surface area contributed by atoms with Crippen LogP contribution in [-0.4, -0.2) is 16.6 Å². The van der Waals surface area contributed by atoms with E-state index in [0.29, 0.717) is 15.6 Å². The highest BCUT2D eigenvalue weighted by Crippen LogP contribution is 2.38. The number of carbonyl (C=O) groups is 2. The summed E-state index contributed by atoms with van der Waals surface area (Å²) in [6.45, 7) is 3.78. The highest BCUT2D eigenvalue weighted by molar-refractivity contribution is 7.10. The third kappa shape index (κ3) is 2.99. The first kappa shape index (κ1) is 15.4. The average Bonchev–Trinajstić information content (AvgIpc) is 3.22. The van der Waals surface area contributed by atoms with Gasteiger partial charge >= 0.3 is 0 Å². The lowest BCUT2D eigenvalue weighted by atomic mass is 9.91. The van der Waals surface area contributed by atoms with Gasteiger partial charge in [0.25, 0.3) is 0 Å². The lowest BCUT2D eigenvalue weighted by molar-refractivity contribution is -0.120. The molecule has 5 heteroatoms. The van der Waals surface area contributed by atoms with Gasteiger partial charge in [-0.05, 0) is 44.4 Å². The van der Waals surface area contributed by atoms with Crippen molar-refractivity contribution in [2.75, 3.05) is 0 Å². The summed E-state index contributed by atoms with van der Waals surface area (Å²) >= 11 is 7.58. The van der Waals surface area contributed by atoms with Gasteiger partial charge in [0.1, 0.15) is 10.9 Å². The summed E-state index contributed by atoms with van der Waals surface area (Å²) in [6.07, 6.45) is 1.74. The molecule has 1 fully saturated rings. The van der Waals surface area contributed by atoms with Crippen molar-refractivity contribution in [2.24, 2.45) is 5.92 Å². The van der Waals surface area contributed by atoms with E-state index in [0.717, 1.165) is 24.1 Å². The Morgan fingerprint density at radius 3 is 2.59 bits per heavy atom. The monoisotopic (exact) mass is 333 g/mol. The van der Waals surface area contributed by atoms with Crippen LogP contribution in [0.1, 0.15) is 45.4 Å². The van der Waals surface area contributed by atoms with Crippen LogP contribution in [0.25, 0.3) is 0 Å². The topological polar surface area (TPSA) is 47.0 Å². The molecule has 1 aromatic carbocycles. The van der Waals surface area contributed by atoms with E-state index in [-0.39, 0.29) is 17.5 Å². The number of carbonyl (C=O) groups excluding carboxylic acids is 2. The Labute approximate surface area is 138 Å². The number of rotatable bonds is 5. The molecule has 1 atom stereocenters. The van der Waals surface area contributed by atoms with Gasteiger partial charge < -0.3 is 0 Å². The van der Waals surface area contributed by atoms with Crippen molar-refractivity contribution in [3.05, 3.63) is 50.4 Å². The van der Waals surface area contributed by atoms with Crippen LogP contribution in [0.3, 0.4) is 0 Å². The van der Waals surface area contributed by atoms with Crippen molar-refractivity contribution in [3.8, 4) is 0 Å². The lowest BCUT2D eigenvalue weighted by Gasteiger charge is -2.13. The van der Waals surface area contributed by atoms with E-state index < -0.39 is 5.92 Å². The molecule has 0 saturated heterocycles. The largest absolute Gasteiger partial charge is 0.298 e. The zero-order valence-corrected chi connectivity index (χ0v) is 14.0. The normalized spacial score (nSPS) is 15.6. The second kappa shape index (κ2) is 5.94. The van der Waals surface area contributed by atoms with E-state index in [9.17, 15) is 9.59 Å². The van der Waals surface area contributed by atoms with Gasteiger partial charge in [-0.1, -0.05) is 17.7 Å². The maximum absolute atomic E-state index is 12.9. The van der Waals surface area contributed by atoms with Crippen LogP contribution in [0.5, 0.6) is 0 Å². The number of thiazole rings is 1. The number of ketones is 2. The first-order chi connectivity index (χ1) is 10.5. The van der Waals surface area contributed by atoms with Gasteiger partial charge in [-0.2, -0.15) is 0 Å². The van der Waals surface area contributed by atoms with Crippen molar-refractivity contribution in [3.63, 3.8) is 0 Å². The minimum absolute atomic E-state index is 0.00220. The van der Waals surface area contributed by atoms with Crippen molar-refractivity contribution < 1.29 is 9.59 Å². The number of aryl methyl sites for hydroxylation is 2. The number of hydrogen-bond donors (Lipinski definition) is 0. The van der Waals surface area contributed by atoms with Crippen LogP contribution >= 0.6 is 22.9 Å². The van der Waals surface area contributed by atoms with Crippen molar-refractivity contribution in [1.82, 2.24) is 4.98 Å². The van der Waals surface area contributed by atoms with E-state index in [2.05, 4.69) is 4.98 Å². The molecular formula is C17H16ClNO2S. The summed E-state index contributed by atoms with van der Waals surface area (Å²) in [6, 6.07) is 5.29. The fourth-order valence-corrected chi connectivity index (χ4v) is 3.68. The predicted molar refractivity (Wildman–Crippen MR) is 87.8 cm³/mol. The van der Waals surface area contributed by atoms with Crippen molar-refractivity contribution in [2.45, 2.75) is 32.6 Å². The molecule has 0 spiro atoms. The van der Waals surface area contributed by atoms with E-state index in [1.165, 1.54) is 11.3 Å². The Balaban J connectivity index is 2.01. The lowest BCUT2D eigenvalue weighted by Crippen LogP contribution is -2.24. The molecule has 1 saturated carbocycles. The van der Waals surface area contributed by atoms with E-state index in [1.54, 1.807) is 12.1 Å². The number of aromatic nitrogens is 1. The maximum atomic E-state index is 12.9. The average molecular weight is 334 g/mol. The van der Waals surface area contributed by atoms with Crippen molar-refractivity contribution in [1.29, 1.82) is 0 Å². The summed E-state index contributed by atoms with van der Waals surface area (Å²) in [4.78, 5) is 29.9. The summed E-state index contributed by atoms with van der Waals surface area (Å²) in [5, 5.41) is 2.84. The number of halogens is 1. The Morgan fingerprint density at radius 1 is 1.32 bits per heavy atom. The third-order valence-corrected chi connectivity index (χ3v) is 5.14. The van der Waals surface area contributed by atoms with Crippen LogP contribution < -0.4 is 0 Å². The number of benzene rings is 1. The maximum Gasteiger partial charge on any atom is 0.181 e. The zero-order chi connectivity index (χ0) is 15.9. The summed E-state index contributed by atoms with van der Waals surface area (Å²) in [7, 11) is 0. The molecule has 22 heavy (non-hydrogen) atoms. The van der Waals surface area contributed by atoms with Crippen LogP contribution in [0.4, 0.5) is 0 Å². The fraction of sp³-hybridized carbons (Fsp3) is 0.353. The first-order valence-corrected chi connectivity index (χ1v) is 8.49. The van der Waals surface area contributed by atoms with Crippen LogP contribution in [0, 0.1) is 19.8 Å². The summed E-state index contributed by atoms with van der Waals surface area (Å²) < 4.78 is 0. The Kier molecular flexibility index (Phi) is 4.15. The Hall–Kier alpha value is -1.52. The van der Waals surface area contributed by atoms with Gasteiger partial charge in [-0.3, -0.25) is 9.59 Å². The van der Waals surface area contributed by atoms with Gasteiger partial charge in [-0.25, -0.2) is 4.98 Å². The smallest absolute Gasteiger partial charge is 0.181 e. The molecule has 0 N–H and O–H groups in total. The van der Waals surface area contributed by atoms with Crippen molar-refractivity contribution >= 4 is 34.5 Å². The molecule has 0 aliphatic heterocycles. The standard InChI is InChI=1S/C17H16ClNO2S/c1-9-3-6-12(13(18)7-9)16(21)14(15(20)11-4-5-11)17-19-10(2)8-22-17/h3,6-8,11,14H,4-5H2,1-2H3. The van der Waals surface area contributed by atoms with Crippen LogP contribution in [0.2, 0.25) is 5.02 Å². The fourth-order valence-electron chi connectivity index (χ4n) is 2.45. The van der Waals surface area contributed by atoms with E-state index in [1.807, 2.05) is 25.3 Å². The van der Waals surface area contributed by atoms with Gasteiger partial charge in [0.15, 0.2) is 11.6 Å². The van der Waals surface area contributed by atoms with Gasteiger partial charge in [-0.15, -0.1) is 11.3 Å². The highest BCUT2D eigenvalue weighted by atomic mass is 35.5. The van der Waals surface area contributed by atoms with E-state index in [4.69, 9.17) is 11.6 Å². The molecule has 1 unspecified atom stereocenters. The Bertz CT molecular complexity index is 749. The highest BCUT2D eigenvalue weighted by Gasteiger charge is 2.41. The second-order valence-corrected chi connectivity index (χ2v) is 7.08. The molecule has 0 radical (unpaired) electrons. The number of nitrogens with zero attached hydrogens (tertiary/aromatic N) is 1. The van der Waals surface area contributed by atoms with Gasteiger partial charge in [0, 0.05) is 22.6 Å². The third-order valence-electron chi connectivity index (χ3n) is 3.80. The SMILES string of the molecule is Cc1ccc(C(=O)C(C(=O)C2CC2)c2nc(C)cs2)c(Cl)c1. The molecule has 1 aliphatic rings. The number of Topliss-reactive ketones (excluding diaryl/α,β-unsaturated/α-hetero) is 2. The first-order valence-electron chi connectivity index (χ1n) is 7.23. The second-order valence-electron chi connectivity index (χ2n) is 5.78. The molecule has 0 amide bonds. The molecule has 2 aromatic rings. The molecule has 0 bridgehead atoms. The zero-order valence-electron chi connectivity index (χ0n) is 12.4. The molecule has 1 heterocycles. The molecule has 1 aromatic heterocycles. The molecular weight excluding hydrogens is 318 g/mol. The van der Waals surface area contributed by atoms with Gasteiger partial charge in [0.2, 0.25) is 0 Å². The minimum Gasteiger partial charge on any atom is -0.298 e. The Morgan fingerprint density at radius 2 is 2.05 bits per heavy atom. The quantitative estimate of drug-likeness (QED) is 0.603. The van der Waals surface area contributed by atoms with Crippen LogP contribution in [0.15, 0.2) is 23.6 Å². The van der Waals surface area contributed by atoms with Gasteiger partial charge in [0.05, 0.1) is 5.02 Å². The minimum atomic E-state index is -0.814.